The van der Waals surface area contributed by atoms with E-state index in [0.29, 0.717) is 16.1 Å². The Morgan fingerprint density at radius 1 is 1.17 bits per heavy atom. The van der Waals surface area contributed by atoms with Gasteiger partial charge in [-0.15, -0.1) is 0 Å². The maximum Gasteiger partial charge on any atom is 0.472 e. The van der Waals surface area contributed by atoms with Crippen molar-refractivity contribution in [1.29, 1.82) is 0 Å². The van der Waals surface area contributed by atoms with Crippen LogP contribution in [0, 0.1) is 5.92 Å². The number of nitrogens with zero attached hydrogens (tertiary/aromatic N) is 1. The first-order chi connectivity index (χ1) is 13.7. The normalized spacial score (nSPS) is 11.1. The van der Waals surface area contributed by atoms with Crippen LogP contribution in [0.4, 0.5) is 0 Å². The van der Waals surface area contributed by atoms with Crippen LogP contribution in [-0.2, 0) is 4.79 Å². The van der Waals surface area contributed by atoms with E-state index in [4.69, 9.17) is 21.6 Å². The second-order valence-electron chi connectivity index (χ2n) is 7.04. The van der Waals surface area contributed by atoms with Crippen molar-refractivity contribution in [2.45, 2.75) is 33.2 Å². The molecule has 0 saturated heterocycles. The summed E-state index contributed by atoms with van der Waals surface area (Å²) in [6, 6.07) is 9.42. The number of rotatable bonds is 7. The van der Waals surface area contributed by atoms with Crippen LogP contribution in [0.25, 0.3) is 0 Å². The highest BCUT2D eigenvalue weighted by atomic mass is 35.5. The van der Waals surface area contributed by atoms with Gasteiger partial charge >= 0.3 is 7.12 Å². The number of carbonyl (C=O) groups excluding carboxylic acids is 2. The molecule has 0 saturated carbocycles. The van der Waals surface area contributed by atoms with E-state index in [1.165, 1.54) is 6.20 Å². The van der Waals surface area contributed by atoms with Crippen LogP contribution in [0.5, 0.6) is 0 Å². The van der Waals surface area contributed by atoms with E-state index in [1.807, 2.05) is 0 Å². The predicted octanol–water partition coefficient (Wildman–Crippen LogP) is 2.39. The molecular formula is C20H27BClN3O4. The van der Waals surface area contributed by atoms with Gasteiger partial charge in [-0.25, -0.2) is 0 Å². The average molecular weight is 420 g/mol. The fourth-order valence-electron chi connectivity index (χ4n) is 2.18. The van der Waals surface area contributed by atoms with Crippen molar-refractivity contribution in [3.63, 3.8) is 0 Å². The van der Waals surface area contributed by atoms with Crippen molar-refractivity contribution < 1.29 is 19.6 Å². The number of nitrogens with one attached hydrogen (secondary N) is 2. The Kier molecular flexibility index (Phi) is 11.0. The lowest BCUT2D eigenvalue weighted by Crippen LogP contribution is -2.38. The smallest absolute Gasteiger partial charge is 0.426 e. The molecule has 1 atom stereocenters. The van der Waals surface area contributed by atoms with Gasteiger partial charge in [0.05, 0.1) is 24.5 Å². The molecular weight excluding hydrogens is 393 g/mol. The minimum Gasteiger partial charge on any atom is -0.426 e. The monoisotopic (exact) mass is 419 g/mol. The highest BCUT2D eigenvalue weighted by Crippen LogP contribution is 2.21. The number of pyridine rings is 1. The zero-order valence-electron chi connectivity index (χ0n) is 16.8. The lowest BCUT2D eigenvalue weighted by molar-refractivity contribution is -0.121. The van der Waals surface area contributed by atoms with Crippen molar-refractivity contribution in [2.24, 2.45) is 5.92 Å². The third kappa shape index (κ3) is 10.6. The van der Waals surface area contributed by atoms with Gasteiger partial charge in [-0.3, -0.25) is 14.6 Å². The number of carbonyl (C=O) groups is 2. The van der Waals surface area contributed by atoms with Crippen LogP contribution in [0.15, 0.2) is 48.8 Å². The Morgan fingerprint density at radius 3 is 2.41 bits per heavy atom. The minimum atomic E-state index is -1.64. The number of benzene rings is 1. The third-order valence-corrected chi connectivity index (χ3v) is 3.59. The fourth-order valence-corrected chi connectivity index (χ4v) is 2.38. The van der Waals surface area contributed by atoms with Crippen LogP contribution in [-0.4, -0.2) is 40.4 Å². The lowest BCUT2D eigenvalue weighted by Gasteiger charge is -2.19. The second kappa shape index (κ2) is 12.9. The zero-order chi connectivity index (χ0) is 21.8. The first-order valence-electron chi connectivity index (χ1n) is 9.28. The molecule has 0 spiro atoms. The maximum atomic E-state index is 12.4. The van der Waals surface area contributed by atoms with Gasteiger partial charge in [-0.1, -0.05) is 44.5 Å². The van der Waals surface area contributed by atoms with Crippen molar-refractivity contribution in [2.75, 3.05) is 6.44 Å². The van der Waals surface area contributed by atoms with Crippen LogP contribution >= 0.6 is 11.6 Å². The summed E-state index contributed by atoms with van der Waals surface area (Å²) >= 11 is 5.99. The van der Waals surface area contributed by atoms with E-state index >= 15 is 0 Å². The number of hydrogen-bond donors (Lipinski definition) is 4. The predicted molar refractivity (Wildman–Crippen MR) is 114 cm³/mol. The largest absolute Gasteiger partial charge is 0.472 e. The molecule has 0 aliphatic heterocycles. The molecule has 4 N–H and O–H groups in total. The molecule has 0 bridgehead atoms. The summed E-state index contributed by atoms with van der Waals surface area (Å²) in [7, 11) is -1.64. The molecule has 1 unspecified atom stereocenters. The van der Waals surface area contributed by atoms with Gasteiger partial charge in [-0.05, 0) is 35.7 Å². The van der Waals surface area contributed by atoms with Crippen LogP contribution < -0.4 is 10.6 Å². The quantitative estimate of drug-likeness (QED) is 0.515. The van der Waals surface area contributed by atoms with Gasteiger partial charge in [0.2, 0.25) is 5.91 Å². The Balaban J connectivity index is 0.000000960. The zero-order valence-corrected chi connectivity index (χ0v) is 17.6. The van der Waals surface area contributed by atoms with Crippen molar-refractivity contribution in [3.05, 3.63) is 64.9 Å². The minimum absolute atomic E-state index is 0.0843. The van der Waals surface area contributed by atoms with Crippen molar-refractivity contribution in [1.82, 2.24) is 15.6 Å². The standard InChI is InChI=1S/C16H17BClN3O4.C4H10/c18-13-5-1-3-11(7-13)14(8-15(22)20-10-17(24)25)21-16(23)12-4-2-6-19-9-12;1-4(2)3/h1-7,9,14,24-25H,8,10H2,(H,20,22)(H,21,23);4H,1-3H3. The van der Waals surface area contributed by atoms with Gasteiger partial charge in [0.1, 0.15) is 0 Å². The summed E-state index contributed by atoms with van der Waals surface area (Å²) in [6.45, 7) is 6.50. The summed E-state index contributed by atoms with van der Waals surface area (Å²) in [5.74, 6) is 0.0117. The molecule has 0 fully saturated rings. The molecule has 9 heteroatoms. The average Bonchev–Trinajstić information content (AvgIpc) is 2.66. The van der Waals surface area contributed by atoms with Crippen LogP contribution in [0.3, 0.4) is 0 Å². The van der Waals surface area contributed by atoms with Gasteiger partial charge in [0.15, 0.2) is 0 Å². The lowest BCUT2D eigenvalue weighted by atomic mass is 9.92. The molecule has 7 nitrogen and oxygen atoms in total. The van der Waals surface area contributed by atoms with E-state index in [2.05, 4.69) is 36.4 Å². The highest BCUT2D eigenvalue weighted by molar-refractivity contribution is 6.41. The SMILES string of the molecule is CC(C)C.O=C(CC(NC(=O)c1cccnc1)c1cccc(Cl)c1)NCB(O)O. The summed E-state index contributed by atoms with van der Waals surface area (Å²) in [6.07, 6.45) is 2.60. The summed E-state index contributed by atoms with van der Waals surface area (Å²) in [4.78, 5) is 28.3. The third-order valence-electron chi connectivity index (χ3n) is 3.35. The molecule has 2 aromatic rings. The Labute approximate surface area is 176 Å². The molecule has 0 aliphatic carbocycles. The maximum absolute atomic E-state index is 12.4. The molecule has 0 aliphatic rings. The number of aromatic nitrogens is 1. The fraction of sp³-hybridized carbons (Fsp3) is 0.350. The first kappa shape index (κ1) is 24.6. The van der Waals surface area contributed by atoms with Gasteiger partial charge < -0.3 is 20.7 Å². The van der Waals surface area contributed by atoms with Gasteiger partial charge in [-0.2, -0.15) is 0 Å². The first-order valence-corrected chi connectivity index (χ1v) is 9.66. The summed E-state index contributed by atoms with van der Waals surface area (Å²) in [5, 5.41) is 23.3. The number of halogens is 1. The second-order valence-corrected chi connectivity index (χ2v) is 7.48. The van der Waals surface area contributed by atoms with E-state index in [-0.39, 0.29) is 18.8 Å². The summed E-state index contributed by atoms with van der Waals surface area (Å²) in [5.41, 5.74) is 1.02. The van der Waals surface area contributed by atoms with E-state index < -0.39 is 19.1 Å². The number of amides is 2. The molecule has 0 radical (unpaired) electrons. The van der Waals surface area contributed by atoms with Crippen molar-refractivity contribution >= 4 is 30.5 Å². The Morgan fingerprint density at radius 2 is 1.86 bits per heavy atom. The molecule has 1 aromatic heterocycles. The molecule has 1 aromatic carbocycles. The highest BCUT2D eigenvalue weighted by Gasteiger charge is 2.20. The molecule has 2 rings (SSSR count). The Hall–Kier alpha value is -2.42. The van der Waals surface area contributed by atoms with Crippen LogP contribution in [0.1, 0.15) is 49.2 Å². The summed E-state index contributed by atoms with van der Waals surface area (Å²) < 4.78 is 0. The number of hydrogen-bond acceptors (Lipinski definition) is 5. The van der Waals surface area contributed by atoms with E-state index in [1.54, 1.807) is 42.6 Å². The van der Waals surface area contributed by atoms with Gasteiger partial charge in [0, 0.05) is 17.4 Å². The van der Waals surface area contributed by atoms with Gasteiger partial charge in [0.25, 0.3) is 5.91 Å². The molecule has 2 amide bonds. The van der Waals surface area contributed by atoms with E-state index in [0.717, 1.165) is 5.92 Å². The molecule has 156 valence electrons. The van der Waals surface area contributed by atoms with Crippen molar-refractivity contribution in [3.8, 4) is 0 Å². The topological polar surface area (TPSA) is 112 Å². The van der Waals surface area contributed by atoms with E-state index in [9.17, 15) is 9.59 Å². The Bertz CT molecular complexity index is 773. The molecule has 1 heterocycles. The molecule has 29 heavy (non-hydrogen) atoms. The van der Waals surface area contributed by atoms with Crippen LogP contribution in [0.2, 0.25) is 5.02 Å².